The number of hydrazine groups is 1. The van der Waals surface area contributed by atoms with E-state index >= 15 is 0 Å². The number of amides is 2. The van der Waals surface area contributed by atoms with Gasteiger partial charge in [0.15, 0.2) is 0 Å². The molecule has 0 saturated heterocycles. The molecule has 2 amide bonds. The number of para-hydroxylation sites is 1. The third kappa shape index (κ3) is 4.95. The van der Waals surface area contributed by atoms with Gasteiger partial charge in [-0.05, 0) is 38.3 Å². The Morgan fingerprint density at radius 1 is 1.23 bits per heavy atom. The van der Waals surface area contributed by atoms with E-state index in [-0.39, 0.29) is 24.0 Å². The molecule has 0 bridgehead atoms. The molecular formula is C16H23N3O3. The second-order valence-corrected chi connectivity index (χ2v) is 5.40. The zero-order chi connectivity index (χ0) is 15.8. The van der Waals surface area contributed by atoms with Gasteiger partial charge in [-0.15, -0.1) is 0 Å². The van der Waals surface area contributed by atoms with E-state index in [0.29, 0.717) is 13.0 Å². The lowest BCUT2D eigenvalue weighted by Crippen LogP contribution is -2.46. The summed E-state index contributed by atoms with van der Waals surface area (Å²) in [7, 11) is 0. The Kier molecular flexibility index (Phi) is 6.06. The Bertz CT molecular complexity index is 493. The summed E-state index contributed by atoms with van der Waals surface area (Å²) >= 11 is 0. The lowest BCUT2D eigenvalue weighted by Gasteiger charge is -2.28. The summed E-state index contributed by atoms with van der Waals surface area (Å²) in [6, 6.07) is 9.09. The number of hydrogen-bond acceptors (Lipinski definition) is 4. The summed E-state index contributed by atoms with van der Waals surface area (Å²) in [5.41, 5.74) is 6.24. The predicted molar refractivity (Wildman–Crippen MR) is 84.1 cm³/mol. The van der Waals surface area contributed by atoms with Crippen LogP contribution in [0.2, 0.25) is 0 Å². The second-order valence-electron chi connectivity index (χ2n) is 5.40. The first-order valence-electron chi connectivity index (χ1n) is 7.73. The quantitative estimate of drug-likeness (QED) is 0.576. The van der Waals surface area contributed by atoms with Crippen molar-refractivity contribution < 1.29 is 14.3 Å². The summed E-state index contributed by atoms with van der Waals surface area (Å²) < 4.78 is 5.06. The highest BCUT2D eigenvalue weighted by Gasteiger charge is 2.28. The standard InChI is InChI=1S/C16H23N3O3/c1-2-22-15(20)12-7-6-10-14(11-12)17-16(21)19-18-13-8-4-3-5-9-13/h3-5,8-9,12,14,18H,2,6-7,10-11H2,1H3,(H2,17,19,21). The molecule has 0 aromatic heterocycles. The van der Waals surface area contributed by atoms with Gasteiger partial charge in [0.2, 0.25) is 0 Å². The summed E-state index contributed by atoms with van der Waals surface area (Å²) in [5, 5.41) is 2.90. The largest absolute Gasteiger partial charge is 0.466 e. The predicted octanol–water partition coefficient (Wildman–Crippen LogP) is 2.43. The molecule has 120 valence electrons. The Balaban J connectivity index is 1.75. The van der Waals surface area contributed by atoms with Crippen LogP contribution in [0.5, 0.6) is 0 Å². The summed E-state index contributed by atoms with van der Waals surface area (Å²) in [6.45, 7) is 2.20. The van der Waals surface area contributed by atoms with Crippen molar-refractivity contribution in [1.29, 1.82) is 0 Å². The maximum atomic E-state index is 11.9. The Morgan fingerprint density at radius 3 is 2.73 bits per heavy atom. The minimum absolute atomic E-state index is 0.000675. The maximum absolute atomic E-state index is 11.9. The third-order valence-electron chi connectivity index (χ3n) is 3.72. The molecule has 1 aliphatic rings. The van der Waals surface area contributed by atoms with E-state index < -0.39 is 0 Å². The highest BCUT2D eigenvalue weighted by molar-refractivity contribution is 5.76. The van der Waals surface area contributed by atoms with E-state index in [4.69, 9.17) is 4.74 Å². The molecule has 2 rings (SSSR count). The summed E-state index contributed by atoms with van der Waals surface area (Å²) in [4.78, 5) is 23.7. The molecule has 6 heteroatoms. The van der Waals surface area contributed by atoms with E-state index in [2.05, 4.69) is 16.2 Å². The molecule has 1 aliphatic carbocycles. The first-order valence-corrected chi connectivity index (χ1v) is 7.73. The van der Waals surface area contributed by atoms with Crippen LogP contribution in [-0.2, 0) is 9.53 Å². The number of urea groups is 1. The molecule has 1 fully saturated rings. The van der Waals surface area contributed by atoms with E-state index in [1.807, 2.05) is 30.3 Å². The zero-order valence-electron chi connectivity index (χ0n) is 12.8. The minimum Gasteiger partial charge on any atom is -0.466 e. The van der Waals surface area contributed by atoms with Gasteiger partial charge >= 0.3 is 12.0 Å². The zero-order valence-corrected chi connectivity index (χ0v) is 12.8. The van der Waals surface area contributed by atoms with E-state index in [0.717, 1.165) is 24.9 Å². The normalized spacial score (nSPS) is 20.8. The van der Waals surface area contributed by atoms with Crippen molar-refractivity contribution in [3.63, 3.8) is 0 Å². The van der Waals surface area contributed by atoms with Crippen molar-refractivity contribution in [2.45, 2.75) is 38.6 Å². The Labute approximate surface area is 130 Å². The van der Waals surface area contributed by atoms with Crippen molar-refractivity contribution >= 4 is 17.7 Å². The molecule has 22 heavy (non-hydrogen) atoms. The fourth-order valence-corrected chi connectivity index (χ4v) is 2.67. The number of ether oxygens (including phenoxy) is 1. The minimum atomic E-state index is -0.293. The Hall–Kier alpha value is -2.24. The van der Waals surface area contributed by atoms with Gasteiger partial charge in [-0.2, -0.15) is 0 Å². The van der Waals surface area contributed by atoms with Gasteiger partial charge in [0, 0.05) is 6.04 Å². The van der Waals surface area contributed by atoms with Crippen LogP contribution in [0.15, 0.2) is 30.3 Å². The summed E-state index contributed by atoms with van der Waals surface area (Å²) in [6.07, 6.45) is 3.27. The first kappa shape index (κ1) is 16.1. The van der Waals surface area contributed by atoms with E-state index in [1.165, 1.54) is 0 Å². The van der Waals surface area contributed by atoms with Crippen LogP contribution in [0.3, 0.4) is 0 Å². The lowest BCUT2D eigenvalue weighted by molar-refractivity contribution is -0.149. The molecule has 0 spiro atoms. The monoisotopic (exact) mass is 305 g/mol. The number of carbonyl (C=O) groups excluding carboxylic acids is 2. The molecule has 0 heterocycles. The number of nitrogens with one attached hydrogen (secondary N) is 3. The molecule has 1 aromatic rings. The molecule has 1 saturated carbocycles. The SMILES string of the molecule is CCOC(=O)C1CCCC(NC(=O)NNc2ccccc2)C1. The van der Waals surface area contributed by atoms with Gasteiger partial charge in [0.25, 0.3) is 0 Å². The maximum Gasteiger partial charge on any atom is 0.333 e. The highest BCUT2D eigenvalue weighted by atomic mass is 16.5. The number of benzene rings is 1. The topological polar surface area (TPSA) is 79.5 Å². The molecular weight excluding hydrogens is 282 g/mol. The second kappa shape index (κ2) is 8.26. The molecule has 2 atom stereocenters. The molecule has 2 unspecified atom stereocenters. The fourth-order valence-electron chi connectivity index (χ4n) is 2.67. The smallest absolute Gasteiger partial charge is 0.333 e. The van der Waals surface area contributed by atoms with Gasteiger partial charge in [0.05, 0.1) is 18.2 Å². The van der Waals surface area contributed by atoms with Crippen LogP contribution < -0.4 is 16.2 Å². The van der Waals surface area contributed by atoms with E-state index in [9.17, 15) is 9.59 Å². The highest BCUT2D eigenvalue weighted by Crippen LogP contribution is 2.25. The molecule has 1 aromatic carbocycles. The van der Waals surface area contributed by atoms with Crippen LogP contribution in [0.25, 0.3) is 0 Å². The van der Waals surface area contributed by atoms with Gasteiger partial charge in [-0.25, -0.2) is 4.79 Å². The van der Waals surface area contributed by atoms with Crippen molar-refractivity contribution in [3.05, 3.63) is 30.3 Å². The third-order valence-corrected chi connectivity index (χ3v) is 3.72. The lowest BCUT2D eigenvalue weighted by atomic mass is 9.86. The molecule has 0 aliphatic heterocycles. The van der Waals surface area contributed by atoms with Crippen molar-refractivity contribution in [3.8, 4) is 0 Å². The van der Waals surface area contributed by atoms with Gasteiger partial charge in [0.1, 0.15) is 0 Å². The van der Waals surface area contributed by atoms with Gasteiger partial charge in [-0.3, -0.25) is 15.6 Å². The Morgan fingerprint density at radius 2 is 2.00 bits per heavy atom. The van der Waals surface area contributed by atoms with Crippen LogP contribution in [0.4, 0.5) is 10.5 Å². The molecule has 3 N–H and O–H groups in total. The number of esters is 1. The number of hydrogen-bond donors (Lipinski definition) is 3. The number of carbonyl (C=O) groups is 2. The molecule has 6 nitrogen and oxygen atoms in total. The van der Waals surface area contributed by atoms with Crippen molar-refractivity contribution in [2.75, 3.05) is 12.0 Å². The first-order chi connectivity index (χ1) is 10.7. The number of anilines is 1. The summed E-state index contributed by atoms with van der Waals surface area (Å²) in [5.74, 6) is -0.266. The van der Waals surface area contributed by atoms with Crippen LogP contribution in [0.1, 0.15) is 32.6 Å². The van der Waals surface area contributed by atoms with Crippen LogP contribution in [-0.4, -0.2) is 24.6 Å². The van der Waals surface area contributed by atoms with Crippen molar-refractivity contribution in [1.82, 2.24) is 10.7 Å². The van der Waals surface area contributed by atoms with Crippen LogP contribution >= 0.6 is 0 Å². The average Bonchev–Trinajstić information content (AvgIpc) is 2.54. The van der Waals surface area contributed by atoms with Gasteiger partial charge < -0.3 is 10.1 Å². The van der Waals surface area contributed by atoms with Gasteiger partial charge in [-0.1, -0.05) is 24.6 Å². The molecule has 0 radical (unpaired) electrons. The van der Waals surface area contributed by atoms with E-state index in [1.54, 1.807) is 6.92 Å². The number of rotatable bonds is 5. The fraction of sp³-hybridized carbons (Fsp3) is 0.500. The average molecular weight is 305 g/mol. The van der Waals surface area contributed by atoms with Crippen LogP contribution in [0, 0.1) is 5.92 Å². The van der Waals surface area contributed by atoms with Crippen molar-refractivity contribution in [2.24, 2.45) is 5.92 Å².